The highest BCUT2D eigenvalue weighted by atomic mass is 35.5. The van der Waals surface area contributed by atoms with Crippen molar-refractivity contribution >= 4 is 28.3 Å². The van der Waals surface area contributed by atoms with Crippen molar-refractivity contribution in [2.45, 2.75) is 39.2 Å². The van der Waals surface area contributed by atoms with Gasteiger partial charge in [0.25, 0.3) is 0 Å². The number of benzene rings is 3. The van der Waals surface area contributed by atoms with Gasteiger partial charge in [0.05, 0.1) is 12.7 Å². The molecule has 0 amide bonds. The maximum atomic E-state index is 13.0. The van der Waals surface area contributed by atoms with Crippen LogP contribution in [0.3, 0.4) is 0 Å². The van der Waals surface area contributed by atoms with E-state index in [1.54, 1.807) is 6.20 Å². The number of carbonyl (C=O) groups is 1. The third-order valence-electron chi connectivity index (χ3n) is 7.32. The second-order valence-corrected chi connectivity index (χ2v) is 10.6. The third-order valence-corrected chi connectivity index (χ3v) is 7.66. The minimum absolute atomic E-state index is 0.0158. The van der Waals surface area contributed by atoms with Gasteiger partial charge in [0.2, 0.25) is 5.78 Å². The number of hydrogen-bond donors (Lipinski definition) is 1. The Labute approximate surface area is 217 Å². The SMILES string of the molecule is Cc1ccc2[nH]cc(C(=O)COc3cccc([C@@H]4OC[C@@H](c5ccccc5Cl)C[C@H]4C(C)C)c3)c2c1. The van der Waals surface area contributed by atoms with Crippen molar-refractivity contribution in [2.24, 2.45) is 11.8 Å². The highest BCUT2D eigenvalue weighted by Gasteiger charge is 2.35. The van der Waals surface area contributed by atoms with Gasteiger partial charge in [-0.2, -0.15) is 0 Å². The largest absolute Gasteiger partial charge is 0.485 e. The molecule has 0 radical (unpaired) electrons. The number of aromatic amines is 1. The zero-order valence-corrected chi connectivity index (χ0v) is 21.7. The predicted octanol–water partition coefficient (Wildman–Crippen LogP) is 7.91. The minimum Gasteiger partial charge on any atom is -0.485 e. The Morgan fingerprint density at radius 3 is 2.75 bits per heavy atom. The molecule has 2 heterocycles. The van der Waals surface area contributed by atoms with Crippen molar-refractivity contribution in [1.29, 1.82) is 0 Å². The predicted molar refractivity (Wildman–Crippen MR) is 145 cm³/mol. The molecule has 1 aromatic heterocycles. The number of rotatable bonds is 7. The molecule has 1 saturated heterocycles. The Morgan fingerprint density at radius 2 is 1.94 bits per heavy atom. The standard InChI is InChI=1S/C31H32ClNO3/c1-19(2)25-15-22(24-9-4-5-10-28(24)32)17-36-31(25)21-7-6-8-23(14-21)35-18-30(34)27-16-33-29-12-11-20(3)13-26(27)29/h4-14,16,19,22,25,31,33H,15,17-18H2,1-3H3/t22-,25-,31-/m0/s1. The number of ketones is 1. The average Bonchev–Trinajstić information content (AvgIpc) is 3.30. The van der Waals surface area contributed by atoms with Crippen LogP contribution in [0.4, 0.5) is 0 Å². The van der Waals surface area contributed by atoms with Crippen molar-refractivity contribution in [3.63, 3.8) is 0 Å². The summed E-state index contributed by atoms with van der Waals surface area (Å²) >= 11 is 6.49. The third kappa shape index (κ3) is 5.07. The second-order valence-electron chi connectivity index (χ2n) is 10.2. The Balaban J connectivity index is 1.30. The highest BCUT2D eigenvalue weighted by molar-refractivity contribution is 6.31. The fourth-order valence-corrected chi connectivity index (χ4v) is 5.61. The average molecular weight is 502 g/mol. The molecule has 4 aromatic rings. The maximum absolute atomic E-state index is 13.0. The van der Waals surface area contributed by atoms with E-state index in [-0.39, 0.29) is 24.4 Å². The zero-order valence-electron chi connectivity index (χ0n) is 21.0. The smallest absolute Gasteiger partial charge is 0.202 e. The molecule has 1 aliphatic rings. The van der Waals surface area contributed by atoms with Crippen LogP contribution >= 0.6 is 11.6 Å². The van der Waals surface area contributed by atoms with Crippen LogP contribution in [0.15, 0.2) is 72.9 Å². The Hall–Kier alpha value is -3.08. The molecule has 3 atom stereocenters. The molecule has 0 saturated carbocycles. The molecule has 1 aliphatic heterocycles. The summed E-state index contributed by atoms with van der Waals surface area (Å²) in [5.41, 5.74) is 4.97. The lowest BCUT2D eigenvalue weighted by Gasteiger charge is -2.39. The number of fused-ring (bicyclic) bond motifs is 1. The summed E-state index contributed by atoms with van der Waals surface area (Å²) in [5.74, 6) is 1.69. The summed E-state index contributed by atoms with van der Waals surface area (Å²) < 4.78 is 12.4. The summed E-state index contributed by atoms with van der Waals surface area (Å²) in [7, 11) is 0. The molecule has 0 spiro atoms. The molecule has 1 fully saturated rings. The fourth-order valence-electron chi connectivity index (χ4n) is 5.32. The number of hydrogen-bond acceptors (Lipinski definition) is 3. The Bertz CT molecular complexity index is 1380. The van der Waals surface area contributed by atoms with Crippen molar-refractivity contribution in [3.8, 4) is 5.75 Å². The summed E-state index contributed by atoms with van der Waals surface area (Å²) in [6, 6.07) is 22.1. The summed E-state index contributed by atoms with van der Waals surface area (Å²) in [6.07, 6.45) is 2.75. The van der Waals surface area contributed by atoms with Crippen molar-refractivity contribution < 1.29 is 14.3 Å². The molecule has 36 heavy (non-hydrogen) atoms. The van der Waals surface area contributed by atoms with Gasteiger partial charge in [0.1, 0.15) is 5.75 Å². The lowest BCUT2D eigenvalue weighted by Crippen LogP contribution is -2.31. The van der Waals surface area contributed by atoms with Crippen LogP contribution in [0.5, 0.6) is 5.75 Å². The number of ether oxygens (including phenoxy) is 2. The molecule has 3 aromatic carbocycles. The van der Waals surface area contributed by atoms with Crippen LogP contribution in [-0.4, -0.2) is 24.0 Å². The van der Waals surface area contributed by atoms with Gasteiger partial charge in [-0.05, 0) is 66.6 Å². The van der Waals surface area contributed by atoms with E-state index in [0.29, 0.717) is 29.8 Å². The van der Waals surface area contributed by atoms with Gasteiger partial charge in [-0.3, -0.25) is 4.79 Å². The summed E-state index contributed by atoms with van der Waals surface area (Å²) in [6.45, 7) is 7.13. The van der Waals surface area contributed by atoms with E-state index in [1.165, 1.54) is 0 Å². The van der Waals surface area contributed by atoms with Gasteiger partial charge in [-0.25, -0.2) is 0 Å². The molecule has 1 N–H and O–H groups in total. The van der Waals surface area contributed by atoms with Gasteiger partial charge in [-0.1, -0.05) is 67.4 Å². The topological polar surface area (TPSA) is 51.3 Å². The quantitative estimate of drug-likeness (QED) is 0.262. The van der Waals surface area contributed by atoms with E-state index in [0.717, 1.165) is 39.0 Å². The summed E-state index contributed by atoms with van der Waals surface area (Å²) in [5, 5.41) is 1.73. The Kier molecular flexibility index (Phi) is 7.17. The fraction of sp³-hybridized carbons (Fsp3) is 0.323. The zero-order chi connectivity index (χ0) is 25.2. The van der Waals surface area contributed by atoms with Crippen molar-refractivity contribution in [1.82, 2.24) is 4.98 Å². The lowest BCUT2D eigenvalue weighted by molar-refractivity contribution is -0.0552. The van der Waals surface area contributed by atoms with E-state index in [4.69, 9.17) is 21.1 Å². The van der Waals surface area contributed by atoms with E-state index in [2.05, 4.69) is 31.0 Å². The number of aryl methyl sites for hydroxylation is 1. The second kappa shape index (κ2) is 10.5. The minimum atomic E-state index is -0.0474. The molecule has 0 unspecified atom stereocenters. The van der Waals surface area contributed by atoms with E-state index in [9.17, 15) is 4.79 Å². The highest BCUT2D eigenvalue weighted by Crippen LogP contribution is 2.45. The monoisotopic (exact) mass is 501 g/mol. The number of H-pyrrole nitrogens is 1. The molecular formula is C31H32ClNO3. The first-order chi connectivity index (χ1) is 17.4. The number of aromatic nitrogens is 1. The lowest BCUT2D eigenvalue weighted by atomic mass is 9.76. The summed E-state index contributed by atoms with van der Waals surface area (Å²) in [4.78, 5) is 16.1. The Morgan fingerprint density at radius 1 is 1.11 bits per heavy atom. The van der Waals surface area contributed by atoms with Gasteiger partial charge < -0.3 is 14.5 Å². The maximum Gasteiger partial charge on any atom is 0.202 e. The molecular weight excluding hydrogens is 470 g/mol. The van der Waals surface area contributed by atoms with Gasteiger partial charge >= 0.3 is 0 Å². The molecule has 4 nitrogen and oxygen atoms in total. The van der Waals surface area contributed by atoms with Crippen LogP contribution in [0.2, 0.25) is 5.02 Å². The van der Waals surface area contributed by atoms with Crippen LogP contribution < -0.4 is 4.74 Å². The van der Waals surface area contributed by atoms with Gasteiger partial charge in [0, 0.05) is 33.6 Å². The number of Topliss-reactive ketones (excluding diaryl/α,β-unsaturated/α-hetero) is 1. The molecule has 5 rings (SSSR count). The van der Waals surface area contributed by atoms with Crippen LogP contribution in [0.1, 0.15) is 59.3 Å². The molecule has 0 bridgehead atoms. The first-order valence-electron chi connectivity index (χ1n) is 12.6. The van der Waals surface area contributed by atoms with Gasteiger partial charge in [0.15, 0.2) is 6.61 Å². The van der Waals surface area contributed by atoms with Crippen molar-refractivity contribution in [2.75, 3.05) is 13.2 Å². The van der Waals surface area contributed by atoms with E-state index < -0.39 is 0 Å². The number of halogens is 1. The van der Waals surface area contributed by atoms with E-state index >= 15 is 0 Å². The first-order valence-corrected chi connectivity index (χ1v) is 13.0. The van der Waals surface area contributed by atoms with Crippen molar-refractivity contribution in [3.05, 3.63) is 100 Å². The normalized spacial score (nSPS) is 20.1. The first kappa shape index (κ1) is 24.6. The molecule has 186 valence electrons. The molecule has 0 aliphatic carbocycles. The van der Waals surface area contributed by atoms with Crippen LogP contribution in [0.25, 0.3) is 10.9 Å². The van der Waals surface area contributed by atoms with Gasteiger partial charge in [-0.15, -0.1) is 0 Å². The number of carbonyl (C=O) groups excluding carboxylic acids is 1. The number of nitrogens with one attached hydrogen (secondary N) is 1. The van der Waals surface area contributed by atoms with Crippen LogP contribution in [0, 0.1) is 18.8 Å². The van der Waals surface area contributed by atoms with E-state index in [1.807, 2.05) is 61.5 Å². The van der Waals surface area contributed by atoms with Crippen LogP contribution in [-0.2, 0) is 4.74 Å². The molecule has 5 heteroatoms.